The number of rotatable bonds is 5. The van der Waals surface area contributed by atoms with Gasteiger partial charge < -0.3 is 0 Å². The summed E-state index contributed by atoms with van der Waals surface area (Å²) < 4.78 is 8.28. The molecule has 0 saturated heterocycles. The van der Waals surface area contributed by atoms with Crippen LogP contribution in [0.25, 0.3) is 0 Å². The fourth-order valence-electron chi connectivity index (χ4n) is 8.50. The van der Waals surface area contributed by atoms with E-state index in [4.69, 9.17) is 1.37 Å². The number of hydrogen-bond acceptors (Lipinski definition) is 0. The third-order valence-corrected chi connectivity index (χ3v) is 10.1. The molecule has 3 saturated carbocycles. The van der Waals surface area contributed by atoms with Gasteiger partial charge in [-0.05, 0) is 97.7 Å². The predicted octanol–water partition coefficient (Wildman–Crippen LogP) is 8.42. The Morgan fingerprint density at radius 2 is 1.89 bits per heavy atom. The highest BCUT2D eigenvalue weighted by Crippen LogP contribution is 2.67. The van der Waals surface area contributed by atoms with Gasteiger partial charge >= 0.3 is 0 Å². The molecule has 0 amide bonds. The Labute approximate surface area is 171 Å². The van der Waals surface area contributed by atoms with E-state index in [2.05, 4.69) is 40.7 Å². The summed E-state index contributed by atoms with van der Waals surface area (Å²) in [6.07, 6.45) is 17.8. The van der Waals surface area contributed by atoms with Crippen LogP contribution in [0.1, 0.15) is 113 Å². The van der Waals surface area contributed by atoms with Crippen molar-refractivity contribution in [3.63, 3.8) is 0 Å². The Balaban J connectivity index is 1.49. The van der Waals surface area contributed by atoms with Crippen molar-refractivity contribution in [2.24, 2.45) is 46.3 Å². The normalized spacial score (nSPS) is 48.3. The van der Waals surface area contributed by atoms with Gasteiger partial charge in [-0.3, -0.25) is 0 Å². The number of hydrogen-bond donors (Lipinski definition) is 0. The molecule has 4 aliphatic rings. The molecule has 0 aliphatic heterocycles. The summed E-state index contributed by atoms with van der Waals surface area (Å²) in [7, 11) is 0. The van der Waals surface area contributed by atoms with Gasteiger partial charge in [0.15, 0.2) is 0 Å². The standard InChI is InChI=1S/C27H46/c1-19(2)9-8-10-20(3)23-14-15-24-22-13-12-21-11-6-7-17-26(21,4)25(22)16-18-27(23,24)5/h12,19-20,22-25H,6-11,13-18H2,1-5H3/t20-,22+,23-,24+,25+,26+,27-/m1/s1/i6D/t6?,20-,22+,23-,24+,25+,26+,27-. The second-order valence-electron chi connectivity index (χ2n) is 11.8. The Morgan fingerprint density at radius 3 is 2.67 bits per heavy atom. The largest absolute Gasteiger partial charge is 0.0845 e. The summed E-state index contributed by atoms with van der Waals surface area (Å²) in [5.74, 6) is 5.54. The van der Waals surface area contributed by atoms with E-state index in [0.717, 1.165) is 48.3 Å². The lowest BCUT2D eigenvalue weighted by Crippen LogP contribution is -2.50. The van der Waals surface area contributed by atoms with E-state index in [0.29, 0.717) is 10.8 Å². The lowest BCUT2D eigenvalue weighted by atomic mass is 9.47. The van der Waals surface area contributed by atoms with Gasteiger partial charge in [-0.25, -0.2) is 0 Å². The summed E-state index contributed by atoms with van der Waals surface area (Å²) in [5.41, 5.74) is 2.72. The maximum atomic E-state index is 8.28. The van der Waals surface area contributed by atoms with E-state index in [1.54, 1.807) is 5.57 Å². The zero-order chi connectivity index (χ0) is 20.1. The molecule has 0 radical (unpaired) electrons. The molecule has 27 heavy (non-hydrogen) atoms. The zero-order valence-electron chi connectivity index (χ0n) is 19.9. The monoisotopic (exact) mass is 371 g/mol. The van der Waals surface area contributed by atoms with Crippen molar-refractivity contribution in [3.05, 3.63) is 11.6 Å². The van der Waals surface area contributed by atoms with Gasteiger partial charge in [0.2, 0.25) is 0 Å². The topological polar surface area (TPSA) is 0 Å². The van der Waals surface area contributed by atoms with Gasteiger partial charge in [0.05, 0.1) is 0 Å². The van der Waals surface area contributed by atoms with Crippen LogP contribution in [0.15, 0.2) is 11.6 Å². The zero-order valence-corrected chi connectivity index (χ0v) is 18.9. The van der Waals surface area contributed by atoms with E-state index in [-0.39, 0.29) is 6.40 Å². The van der Waals surface area contributed by atoms with Crippen molar-refractivity contribution < 1.29 is 1.37 Å². The van der Waals surface area contributed by atoms with Crippen molar-refractivity contribution in [2.45, 2.75) is 112 Å². The molecule has 0 nitrogen and oxygen atoms in total. The third-order valence-electron chi connectivity index (χ3n) is 10.1. The maximum absolute atomic E-state index is 8.28. The Bertz CT molecular complexity index is 591. The molecule has 0 spiro atoms. The van der Waals surface area contributed by atoms with E-state index >= 15 is 0 Å². The molecule has 0 heteroatoms. The molecular formula is C27H46. The van der Waals surface area contributed by atoms with Crippen LogP contribution in [-0.4, -0.2) is 0 Å². The van der Waals surface area contributed by atoms with Gasteiger partial charge in [0.1, 0.15) is 0 Å². The van der Waals surface area contributed by atoms with Gasteiger partial charge in [-0.1, -0.05) is 72.0 Å². The first-order valence-electron chi connectivity index (χ1n) is 12.9. The molecule has 0 bridgehead atoms. The van der Waals surface area contributed by atoms with Crippen LogP contribution in [0.4, 0.5) is 0 Å². The van der Waals surface area contributed by atoms with Crippen LogP contribution in [0.2, 0.25) is 0 Å². The smallest absolute Gasteiger partial charge is 0.0270 e. The molecule has 0 aromatic rings. The molecule has 0 aromatic carbocycles. The molecule has 1 unspecified atom stereocenters. The van der Waals surface area contributed by atoms with Crippen molar-refractivity contribution >= 4 is 0 Å². The Hall–Kier alpha value is -0.260. The van der Waals surface area contributed by atoms with Gasteiger partial charge in [-0.15, -0.1) is 0 Å². The molecule has 4 aliphatic carbocycles. The van der Waals surface area contributed by atoms with Crippen molar-refractivity contribution in [3.8, 4) is 0 Å². The minimum Gasteiger partial charge on any atom is -0.0845 e. The highest BCUT2D eigenvalue weighted by atomic mass is 14.6. The first-order valence-corrected chi connectivity index (χ1v) is 12.4. The summed E-state index contributed by atoms with van der Waals surface area (Å²) in [6.45, 7) is 12.6. The van der Waals surface area contributed by atoms with E-state index < -0.39 is 0 Å². The van der Waals surface area contributed by atoms with Crippen LogP contribution in [0, 0.1) is 46.3 Å². The van der Waals surface area contributed by atoms with Crippen LogP contribution in [-0.2, 0) is 0 Å². The molecule has 8 atom stereocenters. The Kier molecular flexibility index (Phi) is 5.23. The van der Waals surface area contributed by atoms with Crippen LogP contribution < -0.4 is 0 Å². The molecule has 0 N–H and O–H groups in total. The molecule has 4 rings (SSSR count). The molecule has 154 valence electrons. The Morgan fingerprint density at radius 1 is 1.07 bits per heavy atom. The lowest BCUT2D eigenvalue weighted by Gasteiger charge is -2.58. The van der Waals surface area contributed by atoms with Gasteiger partial charge in [-0.2, -0.15) is 0 Å². The summed E-state index contributed by atoms with van der Waals surface area (Å²) >= 11 is 0. The number of fused-ring (bicyclic) bond motifs is 5. The third kappa shape index (κ3) is 3.36. The first-order chi connectivity index (χ1) is 13.3. The van der Waals surface area contributed by atoms with E-state index in [1.807, 2.05) is 0 Å². The lowest BCUT2D eigenvalue weighted by molar-refractivity contribution is -0.0500. The minimum atomic E-state index is 0.173. The predicted molar refractivity (Wildman–Crippen MR) is 118 cm³/mol. The first kappa shape index (κ1) is 18.7. The quantitative estimate of drug-likeness (QED) is 0.425. The van der Waals surface area contributed by atoms with Crippen LogP contribution >= 0.6 is 0 Å². The van der Waals surface area contributed by atoms with Gasteiger partial charge in [0.25, 0.3) is 0 Å². The molecule has 0 aromatic heterocycles. The van der Waals surface area contributed by atoms with Crippen LogP contribution in [0.5, 0.6) is 0 Å². The second-order valence-corrected chi connectivity index (χ2v) is 11.8. The van der Waals surface area contributed by atoms with E-state index in [9.17, 15) is 0 Å². The van der Waals surface area contributed by atoms with Crippen molar-refractivity contribution in [1.29, 1.82) is 0 Å². The number of allylic oxidation sites excluding steroid dienone is 2. The van der Waals surface area contributed by atoms with E-state index in [1.165, 1.54) is 57.8 Å². The maximum Gasteiger partial charge on any atom is 0.0270 e. The van der Waals surface area contributed by atoms with Crippen molar-refractivity contribution in [2.75, 3.05) is 0 Å². The minimum absolute atomic E-state index is 0.173. The average molecular weight is 372 g/mol. The second kappa shape index (κ2) is 7.53. The molecular weight excluding hydrogens is 324 g/mol. The summed E-state index contributed by atoms with van der Waals surface area (Å²) in [5, 5.41) is 0. The highest BCUT2D eigenvalue weighted by molar-refractivity contribution is 5.24. The van der Waals surface area contributed by atoms with Crippen LogP contribution in [0.3, 0.4) is 0 Å². The fourth-order valence-corrected chi connectivity index (χ4v) is 8.50. The summed E-state index contributed by atoms with van der Waals surface area (Å²) in [6, 6.07) is 0. The fraction of sp³-hybridized carbons (Fsp3) is 0.926. The van der Waals surface area contributed by atoms with Crippen molar-refractivity contribution in [1.82, 2.24) is 0 Å². The average Bonchev–Trinajstić information content (AvgIpc) is 2.99. The molecule has 0 heterocycles. The SMILES string of the molecule is [2H]C1CC[C@@]2(C)C(=CC[C@H]3[C@@H]4CC[C@H]([C@H](C)CCCC(C)C)[C@@]4(C)CC[C@@H]32)C1. The molecule has 3 fully saturated rings. The van der Waals surface area contributed by atoms with Gasteiger partial charge in [0, 0.05) is 1.37 Å². The summed E-state index contributed by atoms with van der Waals surface area (Å²) in [4.78, 5) is 0. The highest BCUT2D eigenvalue weighted by Gasteiger charge is 2.58.